The Morgan fingerprint density at radius 3 is 1.58 bits per heavy atom. The van der Waals surface area contributed by atoms with Gasteiger partial charge in [-0.1, -0.05) is 36.4 Å². The fourth-order valence-corrected chi connectivity index (χ4v) is 1.73. The van der Waals surface area contributed by atoms with Crippen LogP contribution in [0.5, 0.6) is 0 Å². The topological polar surface area (TPSA) is 97.5 Å². The monoisotopic (exact) mass is 279 g/mol. The van der Waals surface area contributed by atoms with Gasteiger partial charge in [-0.2, -0.15) is 0 Å². The molecule has 0 amide bonds. The zero-order valence-electron chi connectivity index (χ0n) is 9.93. The standard InChI is InChI=1S/C7H6O2.C6H7NO2S/c8-7(9)6-4-2-1-3-5-6;7-10(8,9)6-4-2-1-3-5-6/h1-5H,(H,8,9);1-5H,(H2,7,8,9). The molecule has 0 heterocycles. The highest BCUT2D eigenvalue weighted by Gasteiger charge is 2.03. The number of hydrogen-bond donors (Lipinski definition) is 2. The van der Waals surface area contributed by atoms with Crippen LogP contribution in [0.25, 0.3) is 0 Å². The van der Waals surface area contributed by atoms with Crippen molar-refractivity contribution in [1.29, 1.82) is 0 Å². The Morgan fingerprint density at radius 2 is 1.32 bits per heavy atom. The Labute approximate surface area is 111 Å². The smallest absolute Gasteiger partial charge is 0.335 e. The first kappa shape index (κ1) is 14.9. The van der Waals surface area contributed by atoms with Gasteiger partial charge in [0.05, 0.1) is 10.5 Å². The molecule has 2 rings (SSSR count). The molecule has 19 heavy (non-hydrogen) atoms. The normalized spacial score (nSPS) is 10.2. The maximum atomic E-state index is 10.6. The summed E-state index contributed by atoms with van der Waals surface area (Å²) >= 11 is 0. The van der Waals surface area contributed by atoms with Gasteiger partial charge in [0.2, 0.25) is 10.0 Å². The molecule has 0 bridgehead atoms. The van der Waals surface area contributed by atoms with Crippen molar-refractivity contribution in [1.82, 2.24) is 0 Å². The SMILES string of the molecule is NS(=O)(=O)c1ccccc1.O=C(O)c1ccccc1. The number of aromatic carboxylic acids is 1. The van der Waals surface area contributed by atoms with E-state index in [-0.39, 0.29) is 4.90 Å². The fourth-order valence-electron chi connectivity index (χ4n) is 1.19. The molecule has 2 aromatic rings. The highest BCUT2D eigenvalue weighted by Crippen LogP contribution is 2.03. The van der Waals surface area contributed by atoms with Gasteiger partial charge < -0.3 is 5.11 Å². The van der Waals surface area contributed by atoms with Crippen LogP contribution in [-0.4, -0.2) is 19.5 Å². The molecule has 0 unspecified atom stereocenters. The molecule has 5 nitrogen and oxygen atoms in total. The quantitative estimate of drug-likeness (QED) is 0.874. The van der Waals surface area contributed by atoms with Crippen molar-refractivity contribution in [3.05, 3.63) is 66.2 Å². The summed E-state index contributed by atoms with van der Waals surface area (Å²) in [5.74, 6) is -0.879. The molecule has 0 fully saturated rings. The molecule has 6 heteroatoms. The molecule has 0 saturated carbocycles. The molecule has 0 aliphatic carbocycles. The third kappa shape index (κ3) is 5.33. The molecular formula is C13H13NO4S. The van der Waals surface area contributed by atoms with E-state index in [0.717, 1.165) is 0 Å². The van der Waals surface area contributed by atoms with Crippen LogP contribution in [0.4, 0.5) is 0 Å². The second-order valence-electron chi connectivity index (χ2n) is 3.53. The van der Waals surface area contributed by atoms with Crippen molar-refractivity contribution in [3.8, 4) is 0 Å². The molecule has 0 saturated heterocycles. The minimum absolute atomic E-state index is 0.148. The van der Waals surface area contributed by atoms with Crippen LogP contribution >= 0.6 is 0 Å². The average Bonchev–Trinajstić information content (AvgIpc) is 2.40. The van der Waals surface area contributed by atoms with Gasteiger partial charge in [0.15, 0.2) is 0 Å². The van der Waals surface area contributed by atoms with E-state index < -0.39 is 16.0 Å². The van der Waals surface area contributed by atoms with Crippen molar-refractivity contribution in [3.63, 3.8) is 0 Å². The van der Waals surface area contributed by atoms with E-state index in [9.17, 15) is 13.2 Å². The second kappa shape index (κ2) is 6.67. The summed E-state index contributed by atoms with van der Waals surface area (Å²) in [4.78, 5) is 10.3. The van der Waals surface area contributed by atoms with E-state index >= 15 is 0 Å². The zero-order valence-corrected chi connectivity index (χ0v) is 10.7. The van der Waals surface area contributed by atoms with Crippen molar-refractivity contribution in [2.75, 3.05) is 0 Å². The summed E-state index contributed by atoms with van der Waals surface area (Å²) in [6.45, 7) is 0. The molecule has 0 aliphatic rings. The minimum atomic E-state index is -3.50. The van der Waals surface area contributed by atoms with Crippen LogP contribution in [-0.2, 0) is 10.0 Å². The van der Waals surface area contributed by atoms with Crippen molar-refractivity contribution in [2.45, 2.75) is 4.90 Å². The van der Waals surface area contributed by atoms with Gasteiger partial charge >= 0.3 is 5.97 Å². The third-order valence-corrected chi connectivity index (χ3v) is 3.02. The first-order valence-electron chi connectivity index (χ1n) is 5.27. The lowest BCUT2D eigenvalue weighted by atomic mass is 10.2. The third-order valence-electron chi connectivity index (χ3n) is 2.09. The van der Waals surface area contributed by atoms with Gasteiger partial charge in [0.25, 0.3) is 0 Å². The molecule has 0 atom stereocenters. The van der Waals surface area contributed by atoms with E-state index in [1.807, 2.05) is 0 Å². The number of carbonyl (C=O) groups is 1. The summed E-state index contributed by atoms with van der Waals surface area (Å²) in [6.07, 6.45) is 0. The summed E-state index contributed by atoms with van der Waals surface area (Å²) in [6, 6.07) is 16.2. The highest BCUT2D eigenvalue weighted by molar-refractivity contribution is 7.89. The lowest BCUT2D eigenvalue weighted by Gasteiger charge is -1.93. The zero-order chi connectivity index (χ0) is 14.3. The van der Waals surface area contributed by atoms with Crippen LogP contribution in [0.2, 0.25) is 0 Å². The Hall–Kier alpha value is -2.18. The Bertz CT molecular complexity index is 624. The van der Waals surface area contributed by atoms with E-state index in [2.05, 4.69) is 0 Å². The van der Waals surface area contributed by atoms with E-state index in [1.54, 1.807) is 48.5 Å². The number of carboxylic acid groups (broad SMARTS) is 1. The largest absolute Gasteiger partial charge is 0.478 e. The van der Waals surface area contributed by atoms with Gasteiger partial charge in [0.1, 0.15) is 0 Å². The molecule has 0 radical (unpaired) electrons. The summed E-state index contributed by atoms with van der Waals surface area (Å²) in [5.41, 5.74) is 0.331. The first-order valence-corrected chi connectivity index (χ1v) is 6.82. The van der Waals surface area contributed by atoms with Gasteiger partial charge in [-0.05, 0) is 24.3 Å². The van der Waals surface area contributed by atoms with Crippen molar-refractivity contribution >= 4 is 16.0 Å². The van der Waals surface area contributed by atoms with Gasteiger partial charge in [-0.25, -0.2) is 18.4 Å². The van der Waals surface area contributed by atoms with Crippen LogP contribution in [0, 0.1) is 0 Å². The first-order chi connectivity index (χ1) is 8.91. The van der Waals surface area contributed by atoms with Crippen LogP contribution in [0.3, 0.4) is 0 Å². The number of benzene rings is 2. The molecule has 3 N–H and O–H groups in total. The Balaban J connectivity index is 0.000000191. The summed E-state index contributed by atoms with van der Waals surface area (Å²) in [5, 5.41) is 13.2. The molecule has 0 spiro atoms. The van der Waals surface area contributed by atoms with Gasteiger partial charge in [0, 0.05) is 0 Å². The number of primary sulfonamides is 1. The Morgan fingerprint density at radius 1 is 0.895 bits per heavy atom. The van der Waals surface area contributed by atoms with Gasteiger partial charge in [-0.3, -0.25) is 0 Å². The predicted octanol–water partition coefficient (Wildman–Crippen LogP) is 1.72. The second-order valence-corrected chi connectivity index (χ2v) is 5.09. The molecule has 100 valence electrons. The number of hydrogen-bond acceptors (Lipinski definition) is 3. The number of nitrogens with two attached hydrogens (primary N) is 1. The molecule has 0 aromatic heterocycles. The van der Waals surface area contributed by atoms with E-state index in [4.69, 9.17) is 10.2 Å². The lowest BCUT2D eigenvalue weighted by Crippen LogP contribution is -2.11. The summed E-state index contributed by atoms with van der Waals surface area (Å²) < 4.78 is 21.2. The molecule has 0 aliphatic heterocycles. The molecular weight excluding hydrogens is 266 g/mol. The average molecular weight is 279 g/mol. The fraction of sp³-hybridized carbons (Fsp3) is 0. The lowest BCUT2D eigenvalue weighted by molar-refractivity contribution is 0.0697. The van der Waals surface area contributed by atoms with Crippen LogP contribution in [0.1, 0.15) is 10.4 Å². The maximum absolute atomic E-state index is 10.6. The summed E-state index contributed by atoms with van der Waals surface area (Å²) in [7, 11) is -3.50. The van der Waals surface area contributed by atoms with Crippen molar-refractivity contribution in [2.24, 2.45) is 5.14 Å². The van der Waals surface area contributed by atoms with Crippen molar-refractivity contribution < 1.29 is 18.3 Å². The Kier molecular flexibility index (Phi) is 5.23. The van der Waals surface area contributed by atoms with E-state index in [1.165, 1.54) is 12.1 Å². The minimum Gasteiger partial charge on any atom is -0.478 e. The molecule has 2 aromatic carbocycles. The van der Waals surface area contributed by atoms with Crippen LogP contribution in [0.15, 0.2) is 65.6 Å². The van der Waals surface area contributed by atoms with Gasteiger partial charge in [-0.15, -0.1) is 0 Å². The number of rotatable bonds is 2. The highest BCUT2D eigenvalue weighted by atomic mass is 32.2. The number of carboxylic acids is 1. The van der Waals surface area contributed by atoms with E-state index in [0.29, 0.717) is 5.56 Å². The van der Waals surface area contributed by atoms with Crippen LogP contribution < -0.4 is 5.14 Å². The number of sulfonamides is 1. The maximum Gasteiger partial charge on any atom is 0.335 e. The predicted molar refractivity (Wildman–Crippen MR) is 71.2 cm³/mol.